The van der Waals surface area contributed by atoms with Crippen LogP contribution in [0.15, 0.2) is 45.7 Å². The first kappa shape index (κ1) is 19.2. The van der Waals surface area contributed by atoms with Crippen LogP contribution in [0, 0.1) is 5.92 Å². The number of rotatable bonds is 4. The lowest BCUT2D eigenvalue weighted by atomic mass is 9.79. The molecule has 29 heavy (non-hydrogen) atoms. The van der Waals surface area contributed by atoms with Gasteiger partial charge in [0.1, 0.15) is 0 Å². The molecule has 152 valence electrons. The Kier molecular flexibility index (Phi) is 5.63. The van der Waals surface area contributed by atoms with Crippen LogP contribution in [-0.4, -0.2) is 54.4 Å². The maximum atomic E-state index is 13.3. The summed E-state index contributed by atoms with van der Waals surface area (Å²) in [6.45, 7) is 3.44. The molecule has 5 rings (SSSR count). The van der Waals surface area contributed by atoms with Crippen LogP contribution in [0.3, 0.4) is 0 Å². The summed E-state index contributed by atoms with van der Waals surface area (Å²) in [4.78, 5) is 18.0. The molecule has 3 aliphatic rings. The predicted molar refractivity (Wildman–Crippen MR) is 118 cm³/mol. The van der Waals surface area contributed by atoms with Crippen molar-refractivity contribution in [1.82, 2.24) is 9.91 Å². The lowest BCUT2D eigenvalue weighted by Crippen LogP contribution is -2.44. The number of hydrogen-bond acceptors (Lipinski definition) is 6. The number of morpholine rings is 1. The van der Waals surface area contributed by atoms with Crippen LogP contribution in [0.1, 0.15) is 35.1 Å². The van der Waals surface area contributed by atoms with Crippen molar-refractivity contribution in [3.8, 4) is 0 Å². The molecule has 1 saturated heterocycles. The van der Waals surface area contributed by atoms with Crippen molar-refractivity contribution in [2.24, 2.45) is 11.0 Å². The molecule has 5 nitrogen and oxygen atoms in total. The van der Waals surface area contributed by atoms with E-state index >= 15 is 0 Å². The number of carbonyl (C=O) groups is 1. The highest BCUT2D eigenvalue weighted by molar-refractivity contribution is 7.11. The van der Waals surface area contributed by atoms with E-state index in [-0.39, 0.29) is 11.9 Å². The molecule has 2 aliphatic heterocycles. The normalized spacial score (nSPS) is 26.6. The molecule has 0 bridgehead atoms. The topological polar surface area (TPSA) is 45.1 Å². The second-order valence-corrected chi connectivity index (χ2v) is 9.71. The second kappa shape index (κ2) is 8.52. The first-order valence-electron chi connectivity index (χ1n) is 10.3. The standard InChI is InChI=1S/C22H25N3O2S2/c26-20(15-24-8-10-27-11-9-24)25-22(19-7-3-13-29-19)18-6-1-4-16(21(18)23-25)14-17-5-2-12-28-17/h2-3,5,7,12-14,18,22H,1,4,6,8-11,15H2/b16-14+/t18-,22+/m1/s1. The molecule has 1 saturated carbocycles. The maximum Gasteiger partial charge on any atom is 0.257 e. The highest BCUT2D eigenvalue weighted by atomic mass is 32.1. The molecule has 4 heterocycles. The SMILES string of the molecule is O=C(CN1CCOCC1)N1N=C2/C(=C/c3cccs3)CCC[C@H]2[C@H]1c1cccs1. The van der Waals surface area contributed by atoms with Crippen LogP contribution in [0.25, 0.3) is 6.08 Å². The lowest BCUT2D eigenvalue weighted by Gasteiger charge is -2.31. The van der Waals surface area contributed by atoms with Crippen LogP contribution in [-0.2, 0) is 9.53 Å². The molecule has 0 spiro atoms. The number of allylic oxidation sites excluding steroid dienone is 1. The fourth-order valence-corrected chi connectivity index (χ4v) is 6.07. The summed E-state index contributed by atoms with van der Waals surface area (Å²) in [5, 5.41) is 11.0. The molecule has 2 atom stereocenters. The summed E-state index contributed by atoms with van der Waals surface area (Å²) in [6, 6.07) is 8.49. The van der Waals surface area contributed by atoms with Gasteiger partial charge in [0, 0.05) is 28.8 Å². The Bertz CT molecular complexity index is 899. The van der Waals surface area contributed by atoms with Crippen molar-refractivity contribution in [2.45, 2.75) is 25.3 Å². The van der Waals surface area contributed by atoms with Gasteiger partial charge in [0.25, 0.3) is 5.91 Å². The number of hydrazone groups is 1. The first-order valence-corrected chi connectivity index (χ1v) is 12.0. The average molecular weight is 428 g/mol. The number of ether oxygens (including phenoxy) is 1. The zero-order chi connectivity index (χ0) is 19.6. The number of carbonyl (C=O) groups excluding carboxylic acids is 1. The van der Waals surface area contributed by atoms with Gasteiger partial charge in [-0.3, -0.25) is 9.69 Å². The smallest absolute Gasteiger partial charge is 0.257 e. The molecule has 2 fully saturated rings. The van der Waals surface area contributed by atoms with Gasteiger partial charge >= 0.3 is 0 Å². The van der Waals surface area contributed by atoms with Crippen molar-refractivity contribution in [3.63, 3.8) is 0 Å². The van der Waals surface area contributed by atoms with E-state index in [4.69, 9.17) is 9.84 Å². The Labute approximate surface area is 179 Å². The number of thiophene rings is 2. The highest BCUT2D eigenvalue weighted by Gasteiger charge is 2.44. The number of nitrogens with zero attached hydrogens (tertiary/aromatic N) is 3. The zero-order valence-corrected chi connectivity index (χ0v) is 18.0. The molecule has 1 amide bonds. The Morgan fingerprint density at radius 2 is 2.03 bits per heavy atom. The molecule has 0 N–H and O–H groups in total. The van der Waals surface area contributed by atoms with Gasteiger partial charge in [0.15, 0.2) is 0 Å². The van der Waals surface area contributed by atoms with E-state index in [1.165, 1.54) is 15.3 Å². The molecule has 0 radical (unpaired) electrons. The van der Waals surface area contributed by atoms with Gasteiger partial charge in [-0.25, -0.2) is 5.01 Å². The van der Waals surface area contributed by atoms with Crippen molar-refractivity contribution in [1.29, 1.82) is 0 Å². The quantitative estimate of drug-likeness (QED) is 0.732. The molecule has 0 aromatic carbocycles. The van der Waals surface area contributed by atoms with Gasteiger partial charge in [0.2, 0.25) is 0 Å². The summed E-state index contributed by atoms with van der Waals surface area (Å²) in [7, 11) is 0. The fraction of sp³-hybridized carbons (Fsp3) is 0.455. The van der Waals surface area contributed by atoms with Crippen LogP contribution < -0.4 is 0 Å². The second-order valence-electron chi connectivity index (χ2n) is 7.76. The third-order valence-electron chi connectivity index (χ3n) is 5.91. The van der Waals surface area contributed by atoms with Gasteiger partial charge in [-0.1, -0.05) is 12.1 Å². The van der Waals surface area contributed by atoms with Gasteiger partial charge in [-0.2, -0.15) is 5.10 Å². The third kappa shape index (κ3) is 3.97. The fourth-order valence-electron chi connectivity index (χ4n) is 4.51. The summed E-state index contributed by atoms with van der Waals surface area (Å²) < 4.78 is 5.43. The Hall–Kier alpha value is -1.80. The highest BCUT2D eigenvalue weighted by Crippen LogP contribution is 2.45. The van der Waals surface area contributed by atoms with Gasteiger partial charge in [-0.15, -0.1) is 22.7 Å². The van der Waals surface area contributed by atoms with Crippen molar-refractivity contribution in [3.05, 3.63) is 50.4 Å². The van der Waals surface area contributed by atoms with Crippen molar-refractivity contribution in [2.75, 3.05) is 32.8 Å². The van der Waals surface area contributed by atoms with Gasteiger partial charge < -0.3 is 4.74 Å². The van der Waals surface area contributed by atoms with Crippen LogP contribution in [0.2, 0.25) is 0 Å². The lowest BCUT2D eigenvalue weighted by molar-refractivity contribution is -0.135. The summed E-state index contributed by atoms with van der Waals surface area (Å²) in [5.74, 6) is 0.393. The average Bonchev–Trinajstić information content (AvgIpc) is 3.49. The number of amides is 1. The molecule has 1 aliphatic carbocycles. The van der Waals surface area contributed by atoms with Crippen LogP contribution >= 0.6 is 22.7 Å². The predicted octanol–water partition coefficient (Wildman–Crippen LogP) is 4.26. The van der Waals surface area contributed by atoms with E-state index in [0.29, 0.717) is 25.7 Å². The molecule has 0 unspecified atom stereocenters. The number of fused-ring (bicyclic) bond motifs is 1. The molecule has 7 heteroatoms. The van der Waals surface area contributed by atoms with E-state index in [2.05, 4.69) is 46.0 Å². The Morgan fingerprint density at radius 1 is 1.21 bits per heavy atom. The number of hydrogen-bond donors (Lipinski definition) is 0. The minimum absolute atomic E-state index is 0.0329. The maximum absolute atomic E-state index is 13.3. The molecule has 2 aromatic heterocycles. The largest absolute Gasteiger partial charge is 0.379 e. The van der Waals surface area contributed by atoms with E-state index in [9.17, 15) is 4.79 Å². The molecular formula is C22H25N3O2S2. The zero-order valence-electron chi connectivity index (χ0n) is 16.3. The summed E-state index contributed by atoms with van der Waals surface area (Å²) in [5.41, 5.74) is 2.42. The van der Waals surface area contributed by atoms with E-state index < -0.39 is 0 Å². The first-order chi connectivity index (χ1) is 14.3. The van der Waals surface area contributed by atoms with Gasteiger partial charge in [0.05, 0.1) is 31.5 Å². The Balaban J connectivity index is 1.45. The Morgan fingerprint density at radius 3 is 2.79 bits per heavy atom. The summed E-state index contributed by atoms with van der Waals surface area (Å²) in [6.07, 6.45) is 5.55. The summed E-state index contributed by atoms with van der Waals surface area (Å²) >= 11 is 3.48. The monoisotopic (exact) mass is 427 g/mol. The molecule has 2 aromatic rings. The van der Waals surface area contributed by atoms with Crippen LogP contribution in [0.4, 0.5) is 0 Å². The third-order valence-corrected chi connectivity index (χ3v) is 7.68. The van der Waals surface area contributed by atoms with E-state index in [0.717, 1.165) is 38.1 Å². The van der Waals surface area contributed by atoms with E-state index in [1.54, 1.807) is 27.7 Å². The minimum atomic E-state index is 0.0329. The van der Waals surface area contributed by atoms with Crippen molar-refractivity contribution >= 4 is 40.4 Å². The molecular weight excluding hydrogens is 402 g/mol. The van der Waals surface area contributed by atoms with Crippen molar-refractivity contribution < 1.29 is 9.53 Å². The van der Waals surface area contributed by atoms with Crippen LogP contribution in [0.5, 0.6) is 0 Å². The van der Waals surface area contributed by atoms with E-state index in [1.807, 2.05) is 0 Å². The van der Waals surface area contributed by atoms with Gasteiger partial charge in [-0.05, 0) is 53.8 Å². The minimum Gasteiger partial charge on any atom is -0.379 e.